The molecule has 2 nitrogen and oxygen atoms in total. The van der Waals surface area contributed by atoms with Crippen LogP contribution in [-0.2, 0) is 6.37 Å². The van der Waals surface area contributed by atoms with Crippen molar-refractivity contribution in [3.05, 3.63) is 29.8 Å². The van der Waals surface area contributed by atoms with Gasteiger partial charge in [-0.2, -0.15) is 0 Å². The zero-order valence-corrected chi connectivity index (χ0v) is 6.56. The quantitative estimate of drug-likeness (QED) is 0.716. The van der Waals surface area contributed by atoms with Crippen molar-refractivity contribution in [1.82, 2.24) is 0 Å². The van der Waals surface area contributed by atoms with Gasteiger partial charge in [0.15, 0.2) is 0 Å². The average molecular weight is 178 g/mol. The Morgan fingerprint density at radius 3 is 2.36 bits per heavy atom. The molecule has 0 unspecified atom stereocenters. The number of rotatable bonds is 2. The number of nitrogens with two attached hydrogens (primary N) is 1. The first-order chi connectivity index (χ1) is 6.25. The maximum atomic E-state index is 8.98. The fraction of sp³-hybridized carbons (Fsp3) is 0.250. The molecule has 1 rings (SSSR count). The molecular weight excluding hydrogens is 162 g/mol. The molecule has 0 aliphatic carbocycles. The van der Waals surface area contributed by atoms with Gasteiger partial charge in [0, 0.05) is 5.48 Å². The Kier molecular flexibility index (Phi) is 2.27. The molecule has 11 heavy (non-hydrogen) atoms. The normalized spacial score (nSPS) is 16.8. The zero-order chi connectivity index (χ0) is 11.0. The molecule has 1 aromatic rings. The Morgan fingerprint density at radius 2 is 1.91 bits per heavy atom. The SMILES string of the molecule is Cl.[2H]C([2H])(N)C([2H])([2H])c1ccc(O)cc1. The highest BCUT2D eigenvalue weighted by Gasteiger charge is 1.89. The number of aryl methyl sites for hydroxylation is 1. The molecule has 3 heteroatoms. The molecule has 0 aliphatic rings. The minimum Gasteiger partial charge on any atom is -0.508 e. The predicted octanol–water partition coefficient (Wildman–Crippen LogP) is 1.32. The van der Waals surface area contributed by atoms with Crippen LogP contribution in [0.5, 0.6) is 5.75 Å². The Hall–Kier alpha value is -0.730. The fourth-order valence-electron chi connectivity index (χ4n) is 0.628. The summed E-state index contributed by atoms with van der Waals surface area (Å²) in [4.78, 5) is 0. The van der Waals surface area contributed by atoms with Crippen LogP contribution in [0.2, 0.25) is 0 Å². The highest BCUT2D eigenvalue weighted by Crippen LogP contribution is 2.09. The molecule has 62 valence electrons. The third kappa shape index (κ3) is 3.25. The van der Waals surface area contributed by atoms with Crippen LogP contribution in [0.25, 0.3) is 0 Å². The largest absolute Gasteiger partial charge is 0.508 e. The van der Waals surface area contributed by atoms with Crippen molar-refractivity contribution >= 4 is 12.4 Å². The molecule has 0 spiro atoms. The van der Waals surface area contributed by atoms with E-state index in [4.69, 9.17) is 16.3 Å². The van der Waals surface area contributed by atoms with Gasteiger partial charge in [0.2, 0.25) is 0 Å². The van der Waals surface area contributed by atoms with Crippen molar-refractivity contribution in [2.75, 3.05) is 6.50 Å². The van der Waals surface area contributed by atoms with Crippen LogP contribution in [-0.4, -0.2) is 11.6 Å². The molecule has 0 heterocycles. The van der Waals surface area contributed by atoms with Crippen molar-refractivity contribution in [3.63, 3.8) is 0 Å². The lowest BCUT2D eigenvalue weighted by Gasteiger charge is -1.96. The number of halogens is 1. The molecule has 0 saturated heterocycles. The molecule has 0 radical (unpaired) electrons. The third-order valence-corrected chi connectivity index (χ3v) is 1.08. The maximum absolute atomic E-state index is 8.98. The van der Waals surface area contributed by atoms with Gasteiger partial charge in [-0.15, -0.1) is 12.4 Å². The average Bonchev–Trinajstić information content (AvgIpc) is 2.03. The van der Waals surface area contributed by atoms with E-state index in [0.717, 1.165) is 0 Å². The summed E-state index contributed by atoms with van der Waals surface area (Å²) in [5.41, 5.74) is 5.18. The van der Waals surface area contributed by atoms with Crippen LogP contribution in [0.3, 0.4) is 0 Å². The standard InChI is InChI=1S/C8H11NO.ClH/c9-6-5-7-1-3-8(10)4-2-7;/h1-4,10H,5-6,9H2;1H/i5D2,6D2;. The second-order valence-electron chi connectivity index (χ2n) is 1.82. The topological polar surface area (TPSA) is 46.2 Å². The number of aromatic hydroxyl groups is 1. The molecule has 3 N–H and O–H groups in total. The highest BCUT2D eigenvalue weighted by atomic mass is 35.5. The van der Waals surface area contributed by atoms with Gasteiger partial charge in [0.1, 0.15) is 5.75 Å². The van der Waals surface area contributed by atoms with Crippen LogP contribution in [0.1, 0.15) is 11.0 Å². The molecule has 0 aromatic heterocycles. The first kappa shape index (κ1) is 5.01. The van der Waals surface area contributed by atoms with Crippen LogP contribution in [0.15, 0.2) is 24.3 Å². The minimum atomic E-state index is -2.45. The first-order valence-electron chi connectivity index (χ1n) is 4.83. The molecule has 1 aromatic carbocycles. The highest BCUT2D eigenvalue weighted by molar-refractivity contribution is 5.85. The van der Waals surface area contributed by atoms with E-state index in [9.17, 15) is 0 Å². The Labute approximate surface area is 78.1 Å². The third-order valence-electron chi connectivity index (χ3n) is 1.08. The van der Waals surface area contributed by atoms with E-state index >= 15 is 0 Å². The minimum absolute atomic E-state index is 0. The second kappa shape index (κ2) is 4.99. The molecular formula is C8H12ClNO. The Morgan fingerprint density at radius 1 is 1.36 bits per heavy atom. The maximum Gasteiger partial charge on any atom is 0.115 e. The smallest absolute Gasteiger partial charge is 0.115 e. The summed E-state index contributed by atoms with van der Waals surface area (Å²) in [5, 5.41) is 8.98. The van der Waals surface area contributed by atoms with E-state index in [2.05, 4.69) is 0 Å². The summed E-state index contributed by atoms with van der Waals surface area (Å²) in [5.74, 6) is 0.00197. The van der Waals surface area contributed by atoms with Gasteiger partial charge in [-0.05, 0) is 30.6 Å². The van der Waals surface area contributed by atoms with Crippen LogP contribution >= 0.6 is 12.4 Å². The fourth-order valence-corrected chi connectivity index (χ4v) is 0.628. The van der Waals surface area contributed by atoms with Crippen molar-refractivity contribution in [1.29, 1.82) is 0 Å². The summed E-state index contributed by atoms with van der Waals surface area (Å²) in [7, 11) is 0. The summed E-state index contributed by atoms with van der Waals surface area (Å²) >= 11 is 0. The van der Waals surface area contributed by atoms with Gasteiger partial charge < -0.3 is 10.8 Å². The summed E-state index contributed by atoms with van der Waals surface area (Å²) < 4.78 is 29.2. The Bertz CT molecular complexity index is 322. The number of benzene rings is 1. The summed E-state index contributed by atoms with van der Waals surface area (Å²) in [6.07, 6.45) is -2.28. The van der Waals surface area contributed by atoms with Crippen molar-refractivity contribution < 1.29 is 10.6 Å². The molecule has 0 fully saturated rings. The van der Waals surface area contributed by atoms with Crippen molar-refractivity contribution in [2.45, 2.75) is 6.37 Å². The van der Waals surface area contributed by atoms with E-state index in [0.29, 0.717) is 0 Å². The number of hydrogen-bond donors (Lipinski definition) is 2. The second-order valence-corrected chi connectivity index (χ2v) is 1.82. The molecule has 0 amide bonds. The van der Waals surface area contributed by atoms with Crippen molar-refractivity contribution in [2.24, 2.45) is 5.73 Å². The zero-order valence-electron chi connectivity index (χ0n) is 9.74. The van der Waals surface area contributed by atoms with Gasteiger partial charge in [0.05, 0.1) is 0 Å². The van der Waals surface area contributed by atoms with E-state index in [1.165, 1.54) is 24.3 Å². The monoisotopic (exact) mass is 177 g/mol. The van der Waals surface area contributed by atoms with E-state index < -0.39 is 12.9 Å². The Balaban J connectivity index is 0.00000196. The molecule has 0 atom stereocenters. The van der Waals surface area contributed by atoms with Gasteiger partial charge in [-0.3, -0.25) is 0 Å². The van der Waals surface area contributed by atoms with Gasteiger partial charge >= 0.3 is 0 Å². The number of hydrogen-bond acceptors (Lipinski definition) is 2. The van der Waals surface area contributed by atoms with Gasteiger partial charge in [-0.25, -0.2) is 0 Å². The molecule has 0 aliphatic heterocycles. The summed E-state index contributed by atoms with van der Waals surface area (Å²) in [6, 6.07) is 5.19. The van der Waals surface area contributed by atoms with Crippen LogP contribution in [0, 0.1) is 0 Å². The van der Waals surface area contributed by atoms with Gasteiger partial charge in [-0.1, -0.05) is 12.1 Å². The molecule has 0 bridgehead atoms. The van der Waals surface area contributed by atoms with E-state index in [-0.39, 0.29) is 23.7 Å². The lowest BCUT2D eigenvalue weighted by atomic mass is 10.1. The lowest BCUT2D eigenvalue weighted by molar-refractivity contribution is 0.475. The van der Waals surface area contributed by atoms with E-state index in [1.807, 2.05) is 0 Å². The number of phenols is 1. The van der Waals surface area contributed by atoms with Crippen LogP contribution in [0.4, 0.5) is 0 Å². The van der Waals surface area contributed by atoms with Crippen molar-refractivity contribution in [3.8, 4) is 5.75 Å². The lowest BCUT2D eigenvalue weighted by Crippen LogP contribution is -2.01. The number of phenolic OH excluding ortho intramolecular Hbond substituents is 1. The van der Waals surface area contributed by atoms with Crippen LogP contribution < -0.4 is 5.73 Å². The summed E-state index contributed by atoms with van der Waals surface area (Å²) in [6.45, 7) is -2.45. The van der Waals surface area contributed by atoms with E-state index in [1.54, 1.807) is 0 Å². The van der Waals surface area contributed by atoms with Gasteiger partial charge in [0.25, 0.3) is 0 Å². The predicted molar refractivity (Wildman–Crippen MR) is 48.1 cm³/mol. The first-order valence-corrected chi connectivity index (χ1v) is 2.83. The molecule has 0 saturated carbocycles.